The van der Waals surface area contributed by atoms with Crippen LogP contribution in [0.2, 0.25) is 0 Å². The Bertz CT molecular complexity index is 689. The van der Waals surface area contributed by atoms with Crippen LogP contribution in [-0.2, 0) is 14.8 Å². The third kappa shape index (κ3) is 2.15. The van der Waals surface area contributed by atoms with Crippen LogP contribution in [0.4, 0.5) is 5.82 Å². The largest absolute Gasteiger partial charge is 0.381 e. The van der Waals surface area contributed by atoms with Crippen molar-refractivity contribution in [3.05, 3.63) is 5.76 Å². The molecule has 128 valence electrons. The standard InChI is InChI=1S/C15H23N3O4S/c1-10-13(14(16)17-22-10)23(19,20)18-9-15(5-7-21-8-6-15)11-3-2-4-12(11)18/h11-12H,2-9H2,1H3,(H2,16,17)/t11-,12+/m1/s1. The van der Waals surface area contributed by atoms with Crippen molar-refractivity contribution >= 4 is 15.8 Å². The van der Waals surface area contributed by atoms with Crippen molar-refractivity contribution in [2.24, 2.45) is 11.3 Å². The van der Waals surface area contributed by atoms with Gasteiger partial charge in [0.05, 0.1) is 0 Å². The molecule has 0 amide bonds. The van der Waals surface area contributed by atoms with Gasteiger partial charge in [-0.1, -0.05) is 11.6 Å². The number of sulfonamides is 1. The molecular formula is C15H23N3O4S. The van der Waals surface area contributed by atoms with Crippen molar-refractivity contribution in [1.82, 2.24) is 9.46 Å². The molecule has 8 heteroatoms. The number of nitrogens with two attached hydrogens (primary N) is 1. The van der Waals surface area contributed by atoms with Gasteiger partial charge in [-0.2, -0.15) is 4.31 Å². The van der Waals surface area contributed by atoms with Crippen molar-refractivity contribution in [2.45, 2.75) is 50.0 Å². The highest BCUT2D eigenvalue weighted by molar-refractivity contribution is 7.89. The van der Waals surface area contributed by atoms with Gasteiger partial charge in [0.25, 0.3) is 10.0 Å². The Morgan fingerprint density at radius 3 is 2.70 bits per heavy atom. The lowest BCUT2D eigenvalue weighted by molar-refractivity contribution is 0.000189. The van der Waals surface area contributed by atoms with Gasteiger partial charge in [-0.25, -0.2) is 8.42 Å². The molecule has 4 rings (SSSR count). The number of hydrogen-bond donors (Lipinski definition) is 1. The molecule has 3 heterocycles. The lowest BCUT2D eigenvalue weighted by atomic mass is 9.71. The van der Waals surface area contributed by atoms with Crippen LogP contribution in [0.5, 0.6) is 0 Å². The van der Waals surface area contributed by atoms with Gasteiger partial charge in [0, 0.05) is 25.8 Å². The first-order valence-corrected chi connectivity index (χ1v) is 9.71. The van der Waals surface area contributed by atoms with Crippen LogP contribution in [0.15, 0.2) is 9.42 Å². The second kappa shape index (κ2) is 5.19. The lowest BCUT2D eigenvalue weighted by Gasteiger charge is -2.37. The zero-order chi connectivity index (χ0) is 16.2. The zero-order valence-electron chi connectivity index (χ0n) is 13.3. The summed E-state index contributed by atoms with van der Waals surface area (Å²) in [6.07, 6.45) is 5.00. The van der Waals surface area contributed by atoms with E-state index in [1.807, 2.05) is 0 Å². The second-order valence-corrected chi connectivity index (χ2v) is 8.91. The molecule has 23 heavy (non-hydrogen) atoms. The van der Waals surface area contributed by atoms with Gasteiger partial charge in [-0.05, 0) is 43.9 Å². The van der Waals surface area contributed by atoms with Crippen molar-refractivity contribution in [3.8, 4) is 0 Å². The summed E-state index contributed by atoms with van der Waals surface area (Å²) in [6.45, 7) is 3.62. The monoisotopic (exact) mass is 341 g/mol. The number of aryl methyl sites for hydroxylation is 1. The second-order valence-electron chi connectivity index (χ2n) is 7.08. The molecule has 0 aromatic carbocycles. The summed E-state index contributed by atoms with van der Waals surface area (Å²) in [7, 11) is -3.67. The average Bonchev–Trinajstić information content (AvgIpc) is 3.18. The van der Waals surface area contributed by atoms with E-state index in [4.69, 9.17) is 15.0 Å². The van der Waals surface area contributed by atoms with Crippen molar-refractivity contribution in [2.75, 3.05) is 25.5 Å². The number of anilines is 1. The van der Waals surface area contributed by atoms with Gasteiger partial charge in [0.1, 0.15) is 0 Å². The molecule has 0 radical (unpaired) electrons. The van der Waals surface area contributed by atoms with Gasteiger partial charge in [-0.3, -0.25) is 0 Å². The minimum atomic E-state index is -3.67. The molecule has 0 bridgehead atoms. The molecule has 3 aliphatic rings. The third-order valence-corrected chi connectivity index (χ3v) is 8.03. The molecule has 1 aromatic rings. The van der Waals surface area contributed by atoms with E-state index in [-0.39, 0.29) is 27.9 Å². The number of fused-ring (bicyclic) bond motifs is 2. The van der Waals surface area contributed by atoms with Crippen molar-refractivity contribution in [1.29, 1.82) is 0 Å². The Kier molecular flexibility index (Phi) is 3.48. The molecule has 1 saturated carbocycles. The lowest BCUT2D eigenvalue weighted by Crippen LogP contribution is -2.38. The molecular weight excluding hydrogens is 318 g/mol. The summed E-state index contributed by atoms with van der Waals surface area (Å²) < 4.78 is 38.6. The number of ether oxygens (including phenoxy) is 1. The van der Waals surface area contributed by atoms with E-state index in [0.717, 1.165) is 45.3 Å². The zero-order valence-corrected chi connectivity index (χ0v) is 14.1. The summed E-state index contributed by atoms with van der Waals surface area (Å²) in [5.41, 5.74) is 5.83. The highest BCUT2D eigenvalue weighted by atomic mass is 32.2. The Morgan fingerprint density at radius 1 is 1.30 bits per heavy atom. The summed E-state index contributed by atoms with van der Waals surface area (Å²) >= 11 is 0. The number of rotatable bonds is 2. The van der Waals surface area contributed by atoms with Crippen LogP contribution in [0.1, 0.15) is 37.9 Å². The van der Waals surface area contributed by atoms with E-state index in [1.165, 1.54) is 0 Å². The third-order valence-electron chi connectivity index (χ3n) is 6.00. The molecule has 2 aliphatic heterocycles. The smallest absolute Gasteiger partial charge is 0.250 e. The maximum Gasteiger partial charge on any atom is 0.250 e. The maximum absolute atomic E-state index is 13.2. The van der Waals surface area contributed by atoms with Crippen LogP contribution in [0.25, 0.3) is 0 Å². The van der Waals surface area contributed by atoms with E-state index in [9.17, 15) is 8.42 Å². The Morgan fingerprint density at radius 2 is 2.04 bits per heavy atom. The van der Waals surface area contributed by atoms with E-state index in [1.54, 1.807) is 11.2 Å². The van der Waals surface area contributed by atoms with Crippen molar-refractivity contribution in [3.63, 3.8) is 0 Å². The minimum absolute atomic E-state index is 0.0371. The fourth-order valence-corrected chi connectivity index (χ4v) is 6.90. The molecule has 2 saturated heterocycles. The first-order chi connectivity index (χ1) is 11.0. The average molecular weight is 341 g/mol. The van der Waals surface area contributed by atoms with E-state index in [2.05, 4.69) is 5.16 Å². The predicted molar refractivity (Wildman–Crippen MR) is 83.2 cm³/mol. The Hall–Kier alpha value is -1.12. The van der Waals surface area contributed by atoms with E-state index >= 15 is 0 Å². The first kappa shape index (κ1) is 15.4. The molecule has 2 atom stereocenters. The molecule has 3 fully saturated rings. The van der Waals surface area contributed by atoms with Gasteiger partial charge >= 0.3 is 0 Å². The SMILES string of the molecule is Cc1onc(N)c1S(=O)(=O)N1CC2(CCOCC2)[C@@H]2CCC[C@@H]21. The van der Waals surface area contributed by atoms with Gasteiger partial charge in [0.15, 0.2) is 16.5 Å². The summed E-state index contributed by atoms with van der Waals surface area (Å²) in [4.78, 5) is 0.0484. The molecule has 1 aliphatic carbocycles. The molecule has 1 aromatic heterocycles. The minimum Gasteiger partial charge on any atom is -0.381 e. The summed E-state index contributed by atoms with van der Waals surface area (Å²) in [5.74, 6) is 0.664. The van der Waals surface area contributed by atoms with Crippen LogP contribution in [0.3, 0.4) is 0 Å². The number of hydrogen-bond acceptors (Lipinski definition) is 6. The summed E-state index contributed by atoms with van der Waals surface area (Å²) in [5, 5.41) is 3.62. The van der Waals surface area contributed by atoms with E-state index < -0.39 is 10.0 Å². The number of nitrogen functional groups attached to an aromatic ring is 1. The molecule has 1 spiro atoms. The highest BCUT2D eigenvalue weighted by Gasteiger charge is 2.58. The predicted octanol–water partition coefficient (Wildman–Crippen LogP) is 1.54. The molecule has 2 N–H and O–H groups in total. The van der Waals surface area contributed by atoms with Gasteiger partial charge in [0.2, 0.25) is 0 Å². The fraction of sp³-hybridized carbons (Fsp3) is 0.800. The van der Waals surface area contributed by atoms with Crippen LogP contribution in [-0.4, -0.2) is 43.7 Å². The van der Waals surface area contributed by atoms with Crippen molar-refractivity contribution < 1.29 is 17.7 Å². The number of aromatic nitrogens is 1. The maximum atomic E-state index is 13.2. The normalized spacial score (nSPS) is 30.8. The van der Waals surface area contributed by atoms with E-state index in [0.29, 0.717) is 12.5 Å². The molecule has 0 unspecified atom stereocenters. The van der Waals surface area contributed by atoms with Crippen LogP contribution >= 0.6 is 0 Å². The first-order valence-electron chi connectivity index (χ1n) is 8.27. The van der Waals surface area contributed by atoms with Crippen LogP contribution in [0, 0.1) is 18.3 Å². The van der Waals surface area contributed by atoms with Gasteiger partial charge in [-0.15, -0.1) is 0 Å². The summed E-state index contributed by atoms with van der Waals surface area (Å²) in [6, 6.07) is 0.0757. The Balaban J connectivity index is 1.74. The topological polar surface area (TPSA) is 98.7 Å². The van der Waals surface area contributed by atoms with Crippen LogP contribution < -0.4 is 5.73 Å². The highest BCUT2D eigenvalue weighted by Crippen LogP contribution is 2.55. The molecule has 7 nitrogen and oxygen atoms in total. The Labute approximate surface area is 136 Å². The quantitative estimate of drug-likeness (QED) is 0.876. The number of nitrogens with zero attached hydrogens (tertiary/aromatic N) is 2. The van der Waals surface area contributed by atoms with Gasteiger partial charge < -0.3 is 15.0 Å². The fourth-order valence-electron chi connectivity index (χ4n) is 4.93.